The van der Waals surface area contributed by atoms with Gasteiger partial charge in [-0.1, -0.05) is 0 Å². The Morgan fingerprint density at radius 2 is 1.80 bits per heavy atom. The summed E-state index contributed by atoms with van der Waals surface area (Å²) < 4.78 is -0.980. The topological polar surface area (TPSA) is 34.1 Å². The maximum absolute atomic E-state index is 10.9. The average Bonchev–Trinajstić information content (AvgIpc) is 1.60. The molecule has 0 aromatic heterocycles. The van der Waals surface area contributed by atoms with Gasteiger partial charge in [-0.05, 0) is 13.8 Å². The molecule has 0 saturated heterocycles. The molecule has 0 aromatic rings. The van der Waals surface area contributed by atoms with E-state index in [2.05, 4.69) is 25.3 Å². The molecule has 0 aliphatic rings. The van der Waals surface area contributed by atoms with E-state index in [0.29, 0.717) is 0 Å². The summed E-state index contributed by atoms with van der Waals surface area (Å²) in [6.45, 7) is 2.91. The second-order valence-electron chi connectivity index (χ2n) is 2.32. The van der Waals surface area contributed by atoms with Crippen molar-refractivity contribution in [1.82, 2.24) is 0 Å². The molecule has 4 heteroatoms. The normalized spacial score (nSPS) is 11.2. The van der Waals surface area contributed by atoms with Gasteiger partial charge in [-0.2, -0.15) is 25.3 Å². The Morgan fingerprint density at radius 1 is 1.40 bits per heavy atom. The number of hydrogen-bond acceptors (Lipinski definition) is 4. The van der Waals surface area contributed by atoms with Crippen LogP contribution in [0.4, 0.5) is 0 Å². The molecule has 0 N–H and O–H groups in total. The van der Waals surface area contributed by atoms with Crippen molar-refractivity contribution in [3.05, 3.63) is 0 Å². The highest BCUT2D eigenvalue weighted by Crippen LogP contribution is 2.20. The third-order valence-electron chi connectivity index (χ3n) is 0.938. The molecule has 0 bridgehead atoms. The lowest BCUT2D eigenvalue weighted by molar-refractivity contribution is -0.125. The first-order valence-electron chi connectivity index (χ1n) is 2.81. The lowest BCUT2D eigenvalue weighted by Gasteiger charge is -2.12. The maximum Gasteiger partial charge on any atom is 0.165 e. The first-order valence-corrected chi connectivity index (χ1v) is 3.71. The van der Waals surface area contributed by atoms with Gasteiger partial charge in [0.05, 0.1) is 6.42 Å². The van der Waals surface area contributed by atoms with E-state index in [-0.39, 0.29) is 18.0 Å². The van der Waals surface area contributed by atoms with Crippen LogP contribution in [0.3, 0.4) is 0 Å². The monoisotopic (exact) mass is 178 g/mol. The van der Waals surface area contributed by atoms with Gasteiger partial charge < -0.3 is 0 Å². The number of hydrogen-bond donors (Lipinski definition) is 2. The van der Waals surface area contributed by atoms with Crippen LogP contribution in [0, 0.1) is 0 Å². The summed E-state index contributed by atoms with van der Waals surface area (Å²) in [6, 6.07) is 0. The summed E-state index contributed by atoms with van der Waals surface area (Å²) in [6.07, 6.45) is -0.0799. The summed E-state index contributed by atoms with van der Waals surface area (Å²) in [4.78, 5) is 21.3. The lowest BCUT2D eigenvalue weighted by Crippen LogP contribution is -2.23. The molecule has 0 aliphatic carbocycles. The summed E-state index contributed by atoms with van der Waals surface area (Å²) in [5.74, 6) is -0.411. The molecule has 0 aliphatic heterocycles. The number of ketones is 2. The fourth-order valence-electron chi connectivity index (χ4n) is 0.394. The second-order valence-corrected chi connectivity index (χ2v) is 4.46. The van der Waals surface area contributed by atoms with E-state index in [4.69, 9.17) is 0 Å². The number of rotatable bonds is 3. The first-order chi connectivity index (χ1) is 4.34. The summed E-state index contributed by atoms with van der Waals surface area (Å²) in [7, 11) is 0. The molecule has 10 heavy (non-hydrogen) atoms. The van der Waals surface area contributed by atoms with Crippen molar-refractivity contribution in [3.8, 4) is 0 Å². The molecule has 0 aromatic carbocycles. The van der Waals surface area contributed by atoms with E-state index in [1.165, 1.54) is 6.92 Å². The summed E-state index contributed by atoms with van der Waals surface area (Å²) in [5.41, 5.74) is 0. The summed E-state index contributed by atoms with van der Waals surface area (Å²) >= 11 is 7.77. The average molecular weight is 178 g/mol. The highest BCUT2D eigenvalue weighted by atomic mass is 32.2. The Labute approximate surface area is 71.2 Å². The third-order valence-corrected chi connectivity index (χ3v) is 1.44. The Balaban J connectivity index is 3.99. The van der Waals surface area contributed by atoms with Crippen LogP contribution in [0.25, 0.3) is 0 Å². The molecule has 0 amide bonds. The Hall–Kier alpha value is 0.0400. The molecule has 0 radical (unpaired) electrons. The Morgan fingerprint density at radius 3 is 1.90 bits per heavy atom. The molecule has 0 rings (SSSR count). The van der Waals surface area contributed by atoms with Crippen molar-refractivity contribution >= 4 is 36.8 Å². The molecule has 0 saturated carbocycles. The molecule has 0 fully saturated rings. The smallest absolute Gasteiger partial charge is 0.165 e. The van der Waals surface area contributed by atoms with E-state index in [1.54, 1.807) is 6.92 Å². The zero-order valence-corrected chi connectivity index (χ0v) is 7.71. The molecule has 58 valence electrons. The van der Waals surface area contributed by atoms with Gasteiger partial charge in [-0.15, -0.1) is 0 Å². The van der Waals surface area contributed by atoms with Gasteiger partial charge in [-0.3, -0.25) is 9.59 Å². The fourth-order valence-corrected chi connectivity index (χ4v) is 0.552. The molecule has 0 unspecified atom stereocenters. The zero-order chi connectivity index (χ0) is 8.36. The maximum atomic E-state index is 10.9. The van der Waals surface area contributed by atoms with Gasteiger partial charge in [0.15, 0.2) is 5.78 Å². The third kappa shape index (κ3) is 3.95. The minimum atomic E-state index is -0.980. The van der Waals surface area contributed by atoms with E-state index < -0.39 is 4.08 Å². The lowest BCUT2D eigenvalue weighted by atomic mass is 10.2. The number of carbonyl (C=O) groups is 2. The van der Waals surface area contributed by atoms with Gasteiger partial charge >= 0.3 is 0 Å². The van der Waals surface area contributed by atoms with Gasteiger partial charge in [0, 0.05) is 0 Å². The number of Topliss-reactive ketones (excluding diaryl/α,β-unsaturated/α-hetero) is 2. The van der Waals surface area contributed by atoms with Gasteiger partial charge in [0.1, 0.15) is 9.86 Å². The Bertz CT molecular complexity index is 158. The molecular weight excluding hydrogens is 168 g/mol. The predicted octanol–water partition coefficient (Wildman–Crippen LogP) is 1.11. The van der Waals surface area contributed by atoms with Crippen LogP contribution in [0.5, 0.6) is 0 Å². The SMILES string of the molecule is CC(=O)CC(=O)C(C)(S)S. The molecular formula is C6H10O2S2. The first kappa shape index (κ1) is 10.0. The second kappa shape index (κ2) is 3.44. The van der Waals surface area contributed by atoms with Crippen molar-refractivity contribution in [3.63, 3.8) is 0 Å². The van der Waals surface area contributed by atoms with Crippen LogP contribution in [0.2, 0.25) is 0 Å². The van der Waals surface area contributed by atoms with E-state index >= 15 is 0 Å². The minimum absolute atomic E-state index is 0.0799. The molecule has 0 spiro atoms. The van der Waals surface area contributed by atoms with Crippen LogP contribution >= 0.6 is 25.3 Å². The fraction of sp³-hybridized carbons (Fsp3) is 0.667. The predicted molar refractivity (Wildman–Crippen MR) is 46.7 cm³/mol. The zero-order valence-electron chi connectivity index (χ0n) is 5.92. The molecule has 0 atom stereocenters. The van der Waals surface area contributed by atoms with Crippen molar-refractivity contribution in [2.45, 2.75) is 24.3 Å². The van der Waals surface area contributed by atoms with E-state index in [9.17, 15) is 9.59 Å². The van der Waals surface area contributed by atoms with Crippen LogP contribution in [0.1, 0.15) is 20.3 Å². The van der Waals surface area contributed by atoms with Crippen LogP contribution in [-0.4, -0.2) is 15.6 Å². The van der Waals surface area contributed by atoms with Crippen LogP contribution in [-0.2, 0) is 9.59 Å². The van der Waals surface area contributed by atoms with Crippen LogP contribution in [0.15, 0.2) is 0 Å². The summed E-state index contributed by atoms with van der Waals surface area (Å²) in [5, 5.41) is 0. The molecule has 2 nitrogen and oxygen atoms in total. The van der Waals surface area contributed by atoms with Gasteiger partial charge in [0.25, 0.3) is 0 Å². The molecule has 0 heterocycles. The van der Waals surface area contributed by atoms with Gasteiger partial charge in [0.2, 0.25) is 0 Å². The van der Waals surface area contributed by atoms with Crippen molar-refractivity contribution in [2.24, 2.45) is 0 Å². The van der Waals surface area contributed by atoms with E-state index in [0.717, 1.165) is 0 Å². The quantitative estimate of drug-likeness (QED) is 0.386. The Kier molecular flexibility index (Phi) is 3.45. The van der Waals surface area contributed by atoms with Gasteiger partial charge in [-0.25, -0.2) is 0 Å². The van der Waals surface area contributed by atoms with Crippen molar-refractivity contribution in [1.29, 1.82) is 0 Å². The number of carbonyl (C=O) groups excluding carboxylic acids is 2. The highest BCUT2D eigenvalue weighted by molar-refractivity contribution is 8.01. The van der Waals surface area contributed by atoms with Crippen molar-refractivity contribution < 1.29 is 9.59 Å². The number of thiol groups is 2. The highest BCUT2D eigenvalue weighted by Gasteiger charge is 2.24. The standard InChI is InChI=1S/C6H10O2S2/c1-4(7)3-5(8)6(2,9)10/h9-10H,3H2,1-2H3. The van der Waals surface area contributed by atoms with Crippen LogP contribution < -0.4 is 0 Å². The van der Waals surface area contributed by atoms with E-state index in [1.807, 2.05) is 0 Å². The largest absolute Gasteiger partial charge is 0.300 e. The minimum Gasteiger partial charge on any atom is -0.300 e. The van der Waals surface area contributed by atoms with Crippen molar-refractivity contribution in [2.75, 3.05) is 0 Å².